The van der Waals surface area contributed by atoms with Gasteiger partial charge in [0.2, 0.25) is 0 Å². The monoisotopic (exact) mass is 342 g/mol. The molecule has 20 heavy (non-hydrogen) atoms. The van der Waals surface area contributed by atoms with Gasteiger partial charge in [-0.1, -0.05) is 0 Å². The first-order valence-electron chi connectivity index (χ1n) is 5.46. The van der Waals surface area contributed by atoms with Crippen molar-refractivity contribution in [3.05, 3.63) is 47.8 Å². The van der Waals surface area contributed by atoms with Gasteiger partial charge in [-0.2, -0.15) is 0 Å². The van der Waals surface area contributed by atoms with E-state index in [1.54, 1.807) is 0 Å². The number of nitrogens with zero attached hydrogens (tertiary/aromatic N) is 2. The summed E-state index contributed by atoms with van der Waals surface area (Å²) in [7, 11) is 2.90. The summed E-state index contributed by atoms with van der Waals surface area (Å²) in [4.78, 5) is 34.9. The number of aromatic hydroxyl groups is 1. The molecule has 0 atom stereocenters. The molecular formula is C11H11BrN4O4. The van der Waals surface area contributed by atoms with Gasteiger partial charge in [0.15, 0.2) is 0 Å². The number of aromatic amines is 1. The fraction of sp³-hybridized carbons (Fsp3) is 0.182. The number of rotatable bonds is 2. The fourth-order valence-corrected chi connectivity index (χ4v) is 2.12. The zero-order chi connectivity index (χ0) is 15.0. The molecule has 2 heterocycles. The van der Waals surface area contributed by atoms with E-state index in [0.29, 0.717) is 0 Å². The molecule has 0 unspecified atom stereocenters. The normalized spacial score (nSPS) is 10.6. The third kappa shape index (κ3) is 2.39. The van der Waals surface area contributed by atoms with Crippen molar-refractivity contribution in [2.45, 2.75) is 0 Å². The van der Waals surface area contributed by atoms with E-state index in [1.807, 2.05) is 0 Å². The van der Waals surface area contributed by atoms with E-state index in [1.165, 1.54) is 24.9 Å². The summed E-state index contributed by atoms with van der Waals surface area (Å²) in [6.07, 6.45) is 1.32. The first kappa shape index (κ1) is 14.1. The lowest BCUT2D eigenvalue weighted by Gasteiger charge is -2.11. The smallest absolute Gasteiger partial charge is 0.287 e. The van der Waals surface area contributed by atoms with Crippen molar-refractivity contribution >= 4 is 27.3 Å². The Labute approximate surface area is 120 Å². The summed E-state index contributed by atoms with van der Waals surface area (Å²) in [6, 6.07) is 1.01. The number of aryl methyl sites for hydroxylation is 2. The van der Waals surface area contributed by atoms with Crippen LogP contribution in [0.2, 0.25) is 0 Å². The van der Waals surface area contributed by atoms with Crippen LogP contribution in [0.3, 0.4) is 0 Å². The highest BCUT2D eigenvalue weighted by molar-refractivity contribution is 9.10. The van der Waals surface area contributed by atoms with Gasteiger partial charge in [0.25, 0.3) is 16.7 Å². The molecule has 0 saturated heterocycles. The number of nitrogens with one attached hydrogen (secondary N) is 2. The molecule has 0 fully saturated rings. The van der Waals surface area contributed by atoms with Crippen molar-refractivity contribution in [2.75, 3.05) is 5.32 Å². The van der Waals surface area contributed by atoms with Gasteiger partial charge in [0.1, 0.15) is 15.9 Å². The van der Waals surface area contributed by atoms with Gasteiger partial charge in [-0.15, -0.1) is 0 Å². The molecule has 0 saturated carbocycles. The third-order valence-corrected chi connectivity index (χ3v) is 3.41. The summed E-state index contributed by atoms with van der Waals surface area (Å²) >= 11 is 3.03. The number of halogens is 1. The van der Waals surface area contributed by atoms with Gasteiger partial charge in [0, 0.05) is 26.4 Å². The Hall–Kier alpha value is -2.29. The molecular weight excluding hydrogens is 332 g/mol. The second-order valence-corrected chi connectivity index (χ2v) is 4.93. The summed E-state index contributed by atoms with van der Waals surface area (Å²) in [6.45, 7) is 0. The Balaban J connectivity index is 2.59. The first-order chi connectivity index (χ1) is 9.31. The Morgan fingerprint density at radius 3 is 2.60 bits per heavy atom. The van der Waals surface area contributed by atoms with Gasteiger partial charge in [-0.3, -0.25) is 24.2 Å². The third-order valence-electron chi connectivity index (χ3n) is 2.67. The van der Waals surface area contributed by atoms with E-state index in [-0.39, 0.29) is 21.6 Å². The SMILES string of the molecule is Cn1cc(Nc2c(Br)c(=O)n(C)[nH]c2=O)c(O)cc1=O. The lowest BCUT2D eigenvalue weighted by Crippen LogP contribution is -2.30. The highest BCUT2D eigenvalue weighted by atomic mass is 79.9. The summed E-state index contributed by atoms with van der Waals surface area (Å²) in [5.41, 5.74) is -1.32. The van der Waals surface area contributed by atoms with E-state index in [0.717, 1.165) is 10.7 Å². The highest BCUT2D eigenvalue weighted by Crippen LogP contribution is 2.25. The van der Waals surface area contributed by atoms with E-state index in [9.17, 15) is 19.5 Å². The largest absolute Gasteiger partial charge is 0.506 e. The quantitative estimate of drug-likeness (QED) is 0.710. The maximum absolute atomic E-state index is 11.8. The molecule has 8 nitrogen and oxygen atoms in total. The number of aromatic nitrogens is 3. The second kappa shape index (κ2) is 5.00. The molecule has 0 radical (unpaired) electrons. The van der Waals surface area contributed by atoms with Gasteiger partial charge in [-0.05, 0) is 15.9 Å². The second-order valence-electron chi connectivity index (χ2n) is 4.14. The van der Waals surface area contributed by atoms with Crippen molar-refractivity contribution in [1.82, 2.24) is 14.3 Å². The zero-order valence-corrected chi connectivity index (χ0v) is 12.2. The van der Waals surface area contributed by atoms with Crippen molar-refractivity contribution in [3.8, 4) is 5.75 Å². The van der Waals surface area contributed by atoms with Gasteiger partial charge < -0.3 is 15.0 Å². The van der Waals surface area contributed by atoms with Crippen LogP contribution in [0.5, 0.6) is 5.75 Å². The Kier molecular flexibility index (Phi) is 3.53. The predicted molar refractivity (Wildman–Crippen MR) is 76.6 cm³/mol. The average molecular weight is 343 g/mol. The van der Waals surface area contributed by atoms with Crippen LogP contribution >= 0.6 is 15.9 Å². The summed E-state index contributed by atoms with van der Waals surface area (Å²) < 4.78 is 2.28. The summed E-state index contributed by atoms with van der Waals surface area (Å²) in [5.74, 6) is -0.319. The van der Waals surface area contributed by atoms with Gasteiger partial charge in [0.05, 0.1) is 5.69 Å². The van der Waals surface area contributed by atoms with Crippen molar-refractivity contribution < 1.29 is 5.11 Å². The highest BCUT2D eigenvalue weighted by Gasteiger charge is 2.13. The summed E-state index contributed by atoms with van der Waals surface area (Å²) in [5, 5.41) is 14.6. The average Bonchev–Trinajstić information content (AvgIpc) is 2.38. The molecule has 2 rings (SSSR count). The number of anilines is 2. The molecule has 0 aliphatic carbocycles. The van der Waals surface area contributed by atoms with Gasteiger partial charge in [-0.25, -0.2) is 0 Å². The molecule has 0 aromatic carbocycles. The lowest BCUT2D eigenvalue weighted by molar-refractivity contribution is 0.474. The molecule has 3 N–H and O–H groups in total. The Morgan fingerprint density at radius 2 is 1.95 bits per heavy atom. The van der Waals surface area contributed by atoms with Gasteiger partial charge >= 0.3 is 0 Å². The van der Waals surface area contributed by atoms with Crippen LogP contribution in [-0.4, -0.2) is 19.5 Å². The molecule has 9 heteroatoms. The van der Waals surface area contributed by atoms with Crippen LogP contribution in [0.15, 0.2) is 31.1 Å². The molecule has 0 amide bonds. The molecule has 0 bridgehead atoms. The van der Waals surface area contributed by atoms with Crippen LogP contribution in [0, 0.1) is 0 Å². The minimum atomic E-state index is -0.549. The topological polar surface area (TPSA) is 109 Å². The number of hydrogen-bond donors (Lipinski definition) is 3. The van der Waals surface area contributed by atoms with Crippen LogP contribution in [0.25, 0.3) is 0 Å². The molecule has 0 aliphatic heterocycles. The number of H-pyrrole nitrogens is 1. The molecule has 106 valence electrons. The van der Waals surface area contributed by atoms with Crippen molar-refractivity contribution in [1.29, 1.82) is 0 Å². The minimum Gasteiger partial charge on any atom is -0.506 e. The number of hydrogen-bond acceptors (Lipinski definition) is 5. The Morgan fingerprint density at radius 1 is 1.30 bits per heavy atom. The Bertz CT molecular complexity index is 849. The predicted octanol–water partition coefficient (Wildman–Crippen LogP) is -0.0160. The fourth-order valence-electron chi connectivity index (χ4n) is 1.58. The van der Waals surface area contributed by atoms with E-state index in [4.69, 9.17) is 0 Å². The molecule has 0 aliphatic rings. The first-order valence-corrected chi connectivity index (χ1v) is 6.26. The minimum absolute atomic E-state index is 0.0250. The van der Waals surface area contributed by atoms with Crippen LogP contribution in [-0.2, 0) is 14.1 Å². The number of pyridine rings is 1. The maximum Gasteiger partial charge on any atom is 0.287 e. The van der Waals surface area contributed by atoms with E-state index >= 15 is 0 Å². The lowest BCUT2D eigenvalue weighted by atomic mass is 10.3. The van der Waals surface area contributed by atoms with Crippen molar-refractivity contribution in [2.24, 2.45) is 14.1 Å². The molecule has 2 aromatic rings. The van der Waals surface area contributed by atoms with Crippen LogP contribution in [0.1, 0.15) is 0 Å². The maximum atomic E-state index is 11.8. The standard InChI is InChI=1S/C11H11BrN4O4/c1-15-4-5(6(17)3-7(15)18)13-9-8(12)11(20)16(2)14-10(9)19/h3-4,13,17H,1-2H3,(H,14,19). The zero-order valence-electron chi connectivity index (χ0n) is 10.6. The van der Waals surface area contributed by atoms with Crippen molar-refractivity contribution in [3.63, 3.8) is 0 Å². The van der Waals surface area contributed by atoms with E-state index < -0.39 is 16.7 Å². The van der Waals surface area contributed by atoms with Crippen LogP contribution in [0.4, 0.5) is 11.4 Å². The molecule has 0 spiro atoms. The molecule has 2 aromatic heterocycles. The van der Waals surface area contributed by atoms with E-state index in [2.05, 4.69) is 26.3 Å². The van der Waals surface area contributed by atoms with Crippen LogP contribution < -0.4 is 22.0 Å².